The van der Waals surface area contributed by atoms with Gasteiger partial charge in [0.25, 0.3) is 5.69 Å². The van der Waals surface area contributed by atoms with Crippen molar-refractivity contribution in [1.82, 2.24) is 24.8 Å². The fourth-order valence-electron chi connectivity index (χ4n) is 4.46. The van der Waals surface area contributed by atoms with Crippen molar-refractivity contribution in [2.45, 2.75) is 57.0 Å². The van der Waals surface area contributed by atoms with Crippen LogP contribution in [-0.2, 0) is 0 Å². The van der Waals surface area contributed by atoms with E-state index >= 15 is 0 Å². The number of H-pyrrole nitrogens is 1. The highest BCUT2D eigenvalue weighted by atomic mass is 16.6. The largest absolute Gasteiger partial charge is 0.415 e. The summed E-state index contributed by atoms with van der Waals surface area (Å²) in [5.74, 6) is 7.06. The number of nitrogens with one attached hydrogen (secondary N) is 1. The van der Waals surface area contributed by atoms with E-state index in [2.05, 4.69) is 19.9 Å². The lowest BCUT2D eigenvalue weighted by molar-refractivity contribution is -0.384. The Morgan fingerprint density at radius 2 is 1.78 bits per heavy atom. The van der Waals surface area contributed by atoms with E-state index in [1.165, 1.54) is 67.7 Å². The molecule has 1 amide bonds. The van der Waals surface area contributed by atoms with Crippen LogP contribution in [0.2, 0.25) is 0 Å². The molecule has 5 rings (SSSR count). The van der Waals surface area contributed by atoms with Gasteiger partial charge in [-0.3, -0.25) is 15.1 Å². The van der Waals surface area contributed by atoms with Gasteiger partial charge in [-0.15, -0.1) is 0 Å². The van der Waals surface area contributed by atoms with Gasteiger partial charge in [0.05, 0.1) is 17.3 Å². The summed E-state index contributed by atoms with van der Waals surface area (Å²) in [6.07, 6.45) is 8.81. The molecule has 1 saturated heterocycles. The molecule has 0 bridgehead atoms. The number of nitrogens with zero attached hydrogens (tertiary/aromatic N) is 6. The smallest absolute Gasteiger partial charge is 0.410 e. The van der Waals surface area contributed by atoms with Crippen LogP contribution < -0.4 is 27.1 Å². The molecule has 14 heteroatoms. The number of ether oxygens (including phenoxy) is 1. The number of nitrogen functional groups attached to an aromatic ring is 1. The van der Waals surface area contributed by atoms with E-state index in [4.69, 9.17) is 22.0 Å². The van der Waals surface area contributed by atoms with Crippen LogP contribution in [0.1, 0.15) is 44.9 Å². The Balaban J connectivity index is 0.000000396. The van der Waals surface area contributed by atoms with E-state index in [0.717, 1.165) is 0 Å². The summed E-state index contributed by atoms with van der Waals surface area (Å²) < 4.78 is 5.30. The Bertz CT molecular complexity index is 1200. The molecule has 37 heavy (non-hydrogen) atoms. The van der Waals surface area contributed by atoms with Crippen LogP contribution in [0.25, 0.3) is 11.2 Å². The maximum absolute atomic E-state index is 12.4. The Kier molecular flexibility index (Phi) is 8.30. The van der Waals surface area contributed by atoms with Crippen LogP contribution in [0, 0.1) is 10.1 Å². The van der Waals surface area contributed by atoms with Crippen LogP contribution in [0.5, 0.6) is 5.75 Å². The first-order valence-corrected chi connectivity index (χ1v) is 12.3. The summed E-state index contributed by atoms with van der Waals surface area (Å²) >= 11 is 0. The number of carbonyl (C=O) groups excluding carboxylic acids is 1. The zero-order chi connectivity index (χ0) is 26.4. The number of nitro benzene ring substituents is 1. The van der Waals surface area contributed by atoms with Crippen molar-refractivity contribution in [2.75, 3.05) is 23.8 Å². The fraction of sp³-hybridized carbons (Fsp3) is 0.478. The van der Waals surface area contributed by atoms with Gasteiger partial charge >= 0.3 is 6.09 Å². The minimum Gasteiger partial charge on any atom is -0.410 e. The maximum Gasteiger partial charge on any atom is 0.415 e. The van der Waals surface area contributed by atoms with Gasteiger partial charge in [-0.25, -0.2) is 15.6 Å². The van der Waals surface area contributed by atoms with Crippen molar-refractivity contribution in [2.24, 2.45) is 11.6 Å². The third-order valence-corrected chi connectivity index (χ3v) is 6.55. The predicted molar refractivity (Wildman–Crippen MR) is 138 cm³/mol. The Morgan fingerprint density at radius 1 is 1.11 bits per heavy atom. The Morgan fingerprint density at radius 3 is 2.38 bits per heavy atom. The molecule has 3 heterocycles. The number of imidazole rings is 1. The molecule has 1 aliphatic carbocycles. The summed E-state index contributed by atoms with van der Waals surface area (Å²) in [7, 11) is 0. The van der Waals surface area contributed by atoms with Crippen LogP contribution >= 0.6 is 0 Å². The fourth-order valence-corrected chi connectivity index (χ4v) is 4.46. The van der Waals surface area contributed by atoms with Crippen molar-refractivity contribution in [3.63, 3.8) is 0 Å². The number of likely N-dealkylation sites (tertiary alicyclic amines) is 1. The van der Waals surface area contributed by atoms with Gasteiger partial charge < -0.3 is 26.1 Å². The molecule has 198 valence electrons. The first-order chi connectivity index (χ1) is 17.8. The second-order valence-electron chi connectivity index (χ2n) is 9.15. The van der Waals surface area contributed by atoms with Crippen molar-refractivity contribution in [3.05, 3.63) is 40.7 Å². The van der Waals surface area contributed by atoms with E-state index in [-0.39, 0.29) is 23.4 Å². The van der Waals surface area contributed by atoms with E-state index in [0.29, 0.717) is 49.0 Å². The van der Waals surface area contributed by atoms with E-state index < -0.39 is 11.0 Å². The Labute approximate surface area is 213 Å². The van der Waals surface area contributed by atoms with Crippen LogP contribution in [-0.4, -0.2) is 61.0 Å². The quantitative estimate of drug-likeness (QED) is 0.227. The molecule has 14 nitrogen and oxygen atoms in total. The lowest BCUT2D eigenvalue weighted by Crippen LogP contribution is -2.50. The van der Waals surface area contributed by atoms with E-state index in [1.807, 2.05) is 0 Å². The highest BCUT2D eigenvalue weighted by Crippen LogP contribution is 2.26. The second-order valence-corrected chi connectivity index (χ2v) is 9.15. The Hall–Kier alpha value is -4.04. The number of non-ortho nitro benzene ring substituents is 1. The second kappa shape index (κ2) is 11.8. The highest BCUT2D eigenvalue weighted by molar-refractivity contribution is 5.84. The van der Waals surface area contributed by atoms with Crippen LogP contribution in [0.3, 0.4) is 0 Å². The average Bonchev–Trinajstić information content (AvgIpc) is 3.37. The summed E-state index contributed by atoms with van der Waals surface area (Å²) in [6, 6.07) is 5.80. The predicted octanol–water partition coefficient (Wildman–Crippen LogP) is 2.46. The number of hydrogen-bond donors (Lipinski definition) is 4. The summed E-state index contributed by atoms with van der Waals surface area (Å²) in [5, 5.41) is 12.2. The van der Waals surface area contributed by atoms with Crippen molar-refractivity contribution >= 4 is 34.7 Å². The number of rotatable bonds is 4. The molecule has 7 N–H and O–H groups in total. The van der Waals surface area contributed by atoms with Crippen molar-refractivity contribution in [1.29, 1.82) is 0 Å². The first-order valence-electron chi connectivity index (χ1n) is 12.3. The number of nitro groups is 1. The number of carbonyl (C=O) groups is 1. The number of fused-ring (bicyclic) bond motifs is 1. The molecule has 0 spiro atoms. The van der Waals surface area contributed by atoms with Crippen LogP contribution in [0.15, 0.2) is 30.6 Å². The van der Waals surface area contributed by atoms with Gasteiger partial charge in [-0.05, 0) is 37.8 Å². The molecule has 1 saturated carbocycles. The number of hydrogen-bond acceptors (Lipinski definition) is 11. The van der Waals surface area contributed by atoms with Gasteiger partial charge in [0.15, 0.2) is 11.5 Å². The minimum atomic E-state index is -0.520. The first kappa shape index (κ1) is 26.0. The number of anilines is 2. The molecular formula is C23H32N10O4. The molecular weight excluding hydrogens is 480 g/mol. The van der Waals surface area contributed by atoms with Crippen molar-refractivity contribution in [3.8, 4) is 5.75 Å². The van der Waals surface area contributed by atoms with Gasteiger partial charge in [0.1, 0.15) is 11.3 Å². The normalized spacial score (nSPS) is 16.6. The van der Waals surface area contributed by atoms with Gasteiger partial charge in [-0.2, -0.15) is 9.97 Å². The van der Waals surface area contributed by atoms with E-state index in [9.17, 15) is 14.9 Å². The average molecular weight is 513 g/mol. The highest BCUT2D eigenvalue weighted by Gasteiger charge is 2.29. The van der Waals surface area contributed by atoms with E-state index in [1.54, 1.807) is 4.90 Å². The molecule has 1 aromatic carbocycles. The SMILES string of the molecule is NC1CCCCC1.Nc1nc(N(N)C2CCN(C(=O)Oc3ccc([N+](=O)[O-])cc3)CC2)c2[nH]cnc2n1. The van der Waals surface area contributed by atoms with Gasteiger partial charge in [0, 0.05) is 31.3 Å². The molecule has 0 atom stereocenters. The third-order valence-electron chi connectivity index (χ3n) is 6.55. The maximum atomic E-state index is 12.4. The topological polar surface area (TPSA) is 208 Å². The molecule has 0 radical (unpaired) electrons. The summed E-state index contributed by atoms with van der Waals surface area (Å²) in [6.45, 7) is 0.855. The lowest BCUT2D eigenvalue weighted by Gasteiger charge is -2.36. The molecule has 2 aromatic heterocycles. The number of aromatic nitrogens is 4. The molecule has 1 aliphatic heterocycles. The number of hydrazine groups is 1. The number of nitrogens with two attached hydrogens (primary N) is 3. The van der Waals surface area contributed by atoms with Crippen molar-refractivity contribution < 1.29 is 14.5 Å². The number of amides is 1. The zero-order valence-corrected chi connectivity index (χ0v) is 20.5. The monoisotopic (exact) mass is 512 g/mol. The number of benzene rings is 1. The lowest BCUT2D eigenvalue weighted by atomic mass is 9.97. The third kappa shape index (κ3) is 6.59. The molecule has 3 aromatic rings. The molecule has 2 fully saturated rings. The summed E-state index contributed by atoms with van der Waals surface area (Å²) in [4.78, 5) is 39.5. The van der Waals surface area contributed by atoms with Crippen LogP contribution in [0.4, 0.5) is 22.2 Å². The van der Waals surface area contributed by atoms with Gasteiger partial charge in [0.2, 0.25) is 5.95 Å². The number of piperidine rings is 1. The molecule has 0 unspecified atom stereocenters. The standard InChI is InChI=1S/C17H19N9O4.C6H13N/c18-16-22-14-13(20-9-21-14)15(23-16)25(19)10-5-7-24(8-6-10)17(27)30-12-3-1-11(2-4-12)26(28)29;7-6-4-2-1-3-5-6/h1-4,9-10H,5-8,19H2,(H3,18,20,21,22,23);6H,1-5,7H2. The minimum absolute atomic E-state index is 0.0733. The number of aromatic amines is 1. The molecule has 2 aliphatic rings. The summed E-state index contributed by atoms with van der Waals surface area (Å²) in [5.41, 5.74) is 12.3. The zero-order valence-electron chi connectivity index (χ0n) is 20.5. The van der Waals surface area contributed by atoms with Gasteiger partial charge in [-0.1, -0.05) is 19.3 Å².